The minimum atomic E-state index is -0.131. The van der Waals surface area contributed by atoms with Gasteiger partial charge >= 0.3 is 0 Å². The van der Waals surface area contributed by atoms with Gasteiger partial charge in [0.1, 0.15) is 6.10 Å². The summed E-state index contributed by atoms with van der Waals surface area (Å²) in [6.45, 7) is 13.2. The molecular formula is C22H28ClN3O. The van der Waals surface area contributed by atoms with Gasteiger partial charge in [-0.25, -0.2) is 4.99 Å². The molecule has 0 heterocycles. The number of aryl methyl sites for hydroxylation is 2. The van der Waals surface area contributed by atoms with Crippen LogP contribution in [0.3, 0.4) is 0 Å². The first kappa shape index (κ1) is 21.0. The lowest BCUT2D eigenvalue weighted by molar-refractivity contribution is 0.0150. The van der Waals surface area contributed by atoms with Gasteiger partial charge in [0, 0.05) is 24.2 Å². The highest BCUT2D eigenvalue weighted by Crippen LogP contribution is 2.27. The van der Waals surface area contributed by atoms with Crippen molar-refractivity contribution >= 4 is 29.3 Å². The predicted molar refractivity (Wildman–Crippen MR) is 115 cm³/mol. The quantitative estimate of drug-likeness (QED) is 0.353. The van der Waals surface area contributed by atoms with Gasteiger partial charge < -0.3 is 4.90 Å². The van der Waals surface area contributed by atoms with E-state index in [4.69, 9.17) is 16.4 Å². The summed E-state index contributed by atoms with van der Waals surface area (Å²) in [6.07, 6.45) is 1.72. The molecule has 0 amide bonds. The third-order valence-electron chi connectivity index (χ3n) is 4.46. The van der Waals surface area contributed by atoms with Gasteiger partial charge in [-0.1, -0.05) is 30.3 Å². The van der Waals surface area contributed by atoms with E-state index in [0.717, 1.165) is 40.2 Å². The second-order valence-corrected chi connectivity index (χ2v) is 7.10. The number of nitrogens with zero attached hydrogens (tertiary/aromatic N) is 2. The Bertz CT molecular complexity index is 815. The SMILES string of the molecule is C=C(NOC(C)c1ccc(Cl)cc1)c1cc(C)c(N=CN(C)CC)cc1C. The largest absolute Gasteiger partial charge is 0.366 e. The molecule has 0 saturated heterocycles. The van der Waals surface area contributed by atoms with E-state index in [2.05, 4.69) is 36.1 Å². The standard InChI is InChI=1S/C22H28ClN3O/c1-7-26(6)14-24-22-13-15(2)21(12-16(22)3)17(4)25-27-18(5)19-8-10-20(23)11-9-19/h8-14,18,25H,4,7H2,1-3,5-6H3. The molecule has 0 aliphatic carbocycles. The van der Waals surface area contributed by atoms with Gasteiger partial charge in [-0.3, -0.25) is 10.3 Å². The van der Waals surface area contributed by atoms with Gasteiger partial charge in [0.05, 0.1) is 17.7 Å². The van der Waals surface area contributed by atoms with E-state index in [0.29, 0.717) is 5.02 Å². The molecule has 0 fully saturated rings. The monoisotopic (exact) mass is 385 g/mol. The van der Waals surface area contributed by atoms with E-state index in [9.17, 15) is 0 Å². The Labute approximate surface area is 167 Å². The Kier molecular flexibility index (Phi) is 7.45. The minimum Gasteiger partial charge on any atom is -0.366 e. The summed E-state index contributed by atoms with van der Waals surface area (Å²) in [5, 5.41) is 0.710. The summed E-state index contributed by atoms with van der Waals surface area (Å²) in [6, 6.07) is 11.8. The Balaban J connectivity index is 2.06. The van der Waals surface area contributed by atoms with Crippen molar-refractivity contribution in [2.45, 2.75) is 33.8 Å². The van der Waals surface area contributed by atoms with E-state index in [1.807, 2.05) is 63.3 Å². The molecule has 5 heteroatoms. The third-order valence-corrected chi connectivity index (χ3v) is 4.71. The molecule has 2 rings (SSSR count). The van der Waals surface area contributed by atoms with E-state index in [1.165, 1.54) is 0 Å². The maximum atomic E-state index is 5.93. The van der Waals surface area contributed by atoms with Crippen molar-refractivity contribution in [2.75, 3.05) is 13.6 Å². The molecule has 2 aromatic carbocycles. The molecule has 2 aromatic rings. The lowest BCUT2D eigenvalue weighted by Crippen LogP contribution is -2.16. The predicted octanol–water partition coefficient (Wildman–Crippen LogP) is 5.82. The van der Waals surface area contributed by atoms with Crippen LogP contribution in [0.5, 0.6) is 0 Å². The van der Waals surface area contributed by atoms with Gasteiger partial charge in [0.2, 0.25) is 0 Å². The van der Waals surface area contributed by atoms with Crippen molar-refractivity contribution < 1.29 is 4.84 Å². The number of benzene rings is 2. The fourth-order valence-corrected chi connectivity index (χ4v) is 2.65. The average Bonchev–Trinajstić information content (AvgIpc) is 2.66. The van der Waals surface area contributed by atoms with Crippen LogP contribution in [0, 0.1) is 13.8 Å². The summed E-state index contributed by atoms with van der Waals surface area (Å²) in [5.41, 5.74) is 8.89. The van der Waals surface area contributed by atoms with Crippen LogP contribution in [0.15, 0.2) is 48.0 Å². The van der Waals surface area contributed by atoms with Crippen LogP contribution in [0.1, 0.15) is 42.2 Å². The highest BCUT2D eigenvalue weighted by atomic mass is 35.5. The number of aliphatic imine (C=N–C) groups is 1. The maximum absolute atomic E-state index is 5.93. The zero-order valence-electron chi connectivity index (χ0n) is 16.7. The first-order valence-electron chi connectivity index (χ1n) is 9.04. The van der Waals surface area contributed by atoms with Crippen LogP contribution in [-0.4, -0.2) is 24.8 Å². The molecule has 4 nitrogen and oxygen atoms in total. The highest BCUT2D eigenvalue weighted by molar-refractivity contribution is 6.30. The number of halogens is 1. The lowest BCUT2D eigenvalue weighted by atomic mass is 10.0. The molecule has 1 N–H and O–H groups in total. The molecule has 1 unspecified atom stereocenters. The number of nitrogens with one attached hydrogen (secondary N) is 1. The normalized spacial score (nSPS) is 12.2. The van der Waals surface area contributed by atoms with Crippen LogP contribution >= 0.6 is 11.6 Å². The average molecular weight is 386 g/mol. The second-order valence-electron chi connectivity index (χ2n) is 6.66. The zero-order valence-corrected chi connectivity index (χ0v) is 17.5. The molecule has 0 spiro atoms. The van der Waals surface area contributed by atoms with Crippen molar-refractivity contribution in [3.05, 3.63) is 70.3 Å². The van der Waals surface area contributed by atoms with Crippen molar-refractivity contribution in [1.29, 1.82) is 0 Å². The van der Waals surface area contributed by atoms with E-state index < -0.39 is 0 Å². The Morgan fingerprint density at radius 2 is 1.93 bits per heavy atom. The molecule has 0 aliphatic heterocycles. The van der Waals surface area contributed by atoms with Crippen LogP contribution in [-0.2, 0) is 4.84 Å². The number of hydroxylamine groups is 1. The smallest absolute Gasteiger partial charge is 0.108 e. The topological polar surface area (TPSA) is 36.9 Å². The molecule has 27 heavy (non-hydrogen) atoms. The van der Waals surface area contributed by atoms with E-state index >= 15 is 0 Å². The van der Waals surface area contributed by atoms with Crippen molar-refractivity contribution in [1.82, 2.24) is 10.4 Å². The van der Waals surface area contributed by atoms with Gasteiger partial charge in [-0.2, -0.15) is 0 Å². The summed E-state index contributed by atoms with van der Waals surface area (Å²) >= 11 is 5.93. The second kappa shape index (κ2) is 9.58. The Hall–Kier alpha value is -2.30. The number of hydrogen-bond donors (Lipinski definition) is 1. The van der Waals surface area contributed by atoms with Crippen LogP contribution < -0.4 is 5.48 Å². The fourth-order valence-electron chi connectivity index (χ4n) is 2.52. The Morgan fingerprint density at radius 1 is 1.26 bits per heavy atom. The van der Waals surface area contributed by atoms with E-state index in [-0.39, 0.29) is 6.10 Å². The van der Waals surface area contributed by atoms with Crippen molar-refractivity contribution in [2.24, 2.45) is 4.99 Å². The molecule has 1 atom stereocenters. The summed E-state index contributed by atoms with van der Waals surface area (Å²) in [5.74, 6) is 0. The number of rotatable bonds is 8. The highest BCUT2D eigenvalue weighted by Gasteiger charge is 2.10. The van der Waals surface area contributed by atoms with E-state index in [1.54, 1.807) is 0 Å². The van der Waals surface area contributed by atoms with Crippen molar-refractivity contribution in [3.63, 3.8) is 0 Å². The first-order valence-corrected chi connectivity index (χ1v) is 9.41. The summed E-state index contributed by atoms with van der Waals surface area (Å²) in [4.78, 5) is 12.4. The zero-order chi connectivity index (χ0) is 20.0. The van der Waals surface area contributed by atoms with Gasteiger partial charge in [0.15, 0.2) is 0 Å². The molecular weight excluding hydrogens is 358 g/mol. The summed E-state index contributed by atoms with van der Waals surface area (Å²) < 4.78 is 0. The lowest BCUT2D eigenvalue weighted by Gasteiger charge is -2.18. The van der Waals surface area contributed by atoms with Crippen molar-refractivity contribution in [3.8, 4) is 0 Å². The maximum Gasteiger partial charge on any atom is 0.108 e. The third kappa shape index (κ3) is 5.84. The summed E-state index contributed by atoms with van der Waals surface area (Å²) in [7, 11) is 2.00. The van der Waals surface area contributed by atoms with Gasteiger partial charge in [-0.15, -0.1) is 0 Å². The van der Waals surface area contributed by atoms with Crippen LogP contribution in [0.2, 0.25) is 5.02 Å². The number of hydrogen-bond acceptors (Lipinski definition) is 3. The van der Waals surface area contributed by atoms with Crippen LogP contribution in [0.25, 0.3) is 5.70 Å². The molecule has 0 aliphatic rings. The minimum absolute atomic E-state index is 0.131. The molecule has 0 radical (unpaired) electrons. The fraction of sp³-hybridized carbons (Fsp3) is 0.318. The Morgan fingerprint density at radius 3 is 2.56 bits per heavy atom. The molecule has 0 aromatic heterocycles. The molecule has 0 bridgehead atoms. The van der Waals surface area contributed by atoms with Gasteiger partial charge in [0.25, 0.3) is 0 Å². The molecule has 0 saturated carbocycles. The van der Waals surface area contributed by atoms with Gasteiger partial charge in [-0.05, 0) is 68.7 Å². The molecule has 144 valence electrons. The first-order chi connectivity index (χ1) is 12.8. The van der Waals surface area contributed by atoms with Crippen LogP contribution in [0.4, 0.5) is 5.69 Å².